The van der Waals surface area contributed by atoms with E-state index in [4.69, 9.17) is 21.1 Å². The maximum absolute atomic E-state index is 13.5. The van der Waals surface area contributed by atoms with Crippen LogP contribution in [0.25, 0.3) is 0 Å². The van der Waals surface area contributed by atoms with Crippen molar-refractivity contribution >= 4 is 33.2 Å². The SMILES string of the molecule is CO[C@H]1/C=C\CC[C@@H](C(C)(C)O)S(=O)(=O)NC(=O)c2ccc3c(c2)N(C[C@@H]2CC[C@H]21)C[C@@]1(CCCc2cc(Cl)ccc21)CO3. The second-order valence-corrected chi connectivity index (χ2v) is 15.9. The van der Waals surface area contributed by atoms with Crippen molar-refractivity contribution < 1.29 is 27.8 Å². The molecule has 2 N–H and O–H groups in total. The zero-order chi connectivity index (χ0) is 31.3. The molecular weight excluding hydrogens is 600 g/mol. The Hall–Kier alpha value is -2.59. The summed E-state index contributed by atoms with van der Waals surface area (Å²) >= 11 is 6.41. The largest absolute Gasteiger partial charge is 0.490 e. The molecular formula is C34H43ClN2O6S. The molecule has 6 rings (SSSR count). The number of nitrogens with one attached hydrogen (secondary N) is 1. The van der Waals surface area contributed by atoms with Crippen molar-refractivity contribution in [2.24, 2.45) is 11.8 Å². The van der Waals surface area contributed by atoms with E-state index in [1.807, 2.05) is 18.2 Å². The Labute approximate surface area is 265 Å². The minimum atomic E-state index is -4.21. The van der Waals surface area contributed by atoms with Gasteiger partial charge in [0.05, 0.1) is 24.0 Å². The van der Waals surface area contributed by atoms with Gasteiger partial charge in [0.15, 0.2) is 0 Å². The normalized spacial score (nSPS) is 31.0. The number of hydrogen-bond acceptors (Lipinski definition) is 7. The number of sulfonamides is 1. The average Bonchev–Trinajstić information content (AvgIpc) is 3.09. The Kier molecular flexibility index (Phi) is 8.54. The van der Waals surface area contributed by atoms with E-state index < -0.39 is 26.8 Å². The second-order valence-electron chi connectivity index (χ2n) is 13.6. The van der Waals surface area contributed by atoms with Crippen LogP contribution in [0.2, 0.25) is 5.02 Å². The molecule has 0 radical (unpaired) electrons. The van der Waals surface area contributed by atoms with Gasteiger partial charge >= 0.3 is 0 Å². The summed E-state index contributed by atoms with van der Waals surface area (Å²) < 4.78 is 41.7. The molecule has 1 saturated carbocycles. The van der Waals surface area contributed by atoms with Gasteiger partial charge in [-0.15, -0.1) is 0 Å². The summed E-state index contributed by atoms with van der Waals surface area (Å²) in [5, 5.41) is 10.4. The molecule has 2 heterocycles. The summed E-state index contributed by atoms with van der Waals surface area (Å²) in [5.41, 5.74) is 1.72. The number of carbonyl (C=O) groups is 1. The van der Waals surface area contributed by atoms with Crippen molar-refractivity contribution in [3.05, 3.63) is 70.3 Å². The number of carbonyl (C=O) groups excluding carboxylic acids is 1. The predicted molar refractivity (Wildman–Crippen MR) is 172 cm³/mol. The molecule has 8 nitrogen and oxygen atoms in total. The van der Waals surface area contributed by atoms with Gasteiger partial charge in [-0.05, 0) is 112 Å². The van der Waals surface area contributed by atoms with Crippen LogP contribution in [0.4, 0.5) is 5.69 Å². The van der Waals surface area contributed by atoms with Crippen molar-refractivity contribution in [1.82, 2.24) is 4.72 Å². The lowest BCUT2D eigenvalue weighted by molar-refractivity contribution is 0.0131. The van der Waals surface area contributed by atoms with E-state index in [-0.39, 0.29) is 23.5 Å². The highest BCUT2D eigenvalue weighted by atomic mass is 35.5. The molecule has 1 spiro atoms. The van der Waals surface area contributed by atoms with Crippen LogP contribution in [-0.2, 0) is 26.6 Å². The van der Waals surface area contributed by atoms with Gasteiger partial charge < -0.3 is 19.5 Å². The molecule has 2 bridgehead atoms. The number of hydrogen-bond donors (Lipinski definition) is 2. The Morgan fingerprint density at radius 2 is 1.98 bits per heavy atom. The van der Waals surface area contributed by atoms with Crippen molar-refractivity contribution in [3.8, 4) is 5.75 Å². The molecule has 4 aliphatic rings. The van der Waals surface area contributed by atoms with E-state index >= 15 is 0 Å². The van der Waals surface area contributed by atoms with Crippen LogP contribution < -0.4 is 14.4 Å². The Bertz CT molecular complexity index is 1550. The van der Waals surface area contributed by atoms with E-state index in [9.17, 15) is 18.3 Å². The van der Waals surface area contributed by atoms with Gasteiger partial charge in [0.1, 0.15) is 11.0 Å². The maximum atomic E-state index is 13.5. The first-order valence-corrected chi connectivity index (χ1v) is 17.6. The third kappa shape index (κ3) is 6.00. The molecule has 5 atom stereocenters. The number of methoxy groups -OCH3 is 1. The molecule has 2 aliphatic heterocycles. The Balaban J connectivity index is 1.43. The quantitative estimate of drug-likeness (QED) is 0.423. The van der Waals surface area contributed by atoms with Crippen LogP contribution in [0.1, 0.15) is 73.9 Å². The first-order chi connectivity index (χ1) is 20.9. The average molecular weight is 643 g/mol. The molecule has 2 aliphatic carbocycles. The number of rotatable bonds is 2. The molecule has 10 heteroatoms. The number of amides is 1. The van der Waals surface area contributed by atoms with Crippen molar-refractivity contribution in [3.63, 3.8) is 0 Å². The topological polar surface area (TPSA) is 105 Å². The summed E-state index contributed by atoms with van der Waals surface area (Å²) in [6.07, 6.45) is 9.55. The molecule has 1 amide bonds. The lowest BCUT2D eigenvalue weighted by atomic mass is 9.68. The predicted octanol–water partition coefficient (Wildman–Crippen LogP) is 5.40. The Morgan fingerprint density at radius 1 is 1.16 bits per heavy atom. The number of aryl methyl sites for hydroxylation is 1. The van der Waals surface area contributed by atoms with Crippen molar-refractivity contribution in [1.29, 1.82) is 0 Å². The van der Waals surface area contributed by atoms with Gasteiger partial charge in [-0.25, -0.2) is 13.1 Å². The Morgan fingerprint density at radius 3 is 2.70 bits per heavy atom. The molecule has 2 aromatic rings. The van der Waals surface area contributed by atoms with E-state index in [1.165, 1.54) is 25.0 Å². The van der Waals surface area contributed by atoms with Crippen molar-refractivity contribution in [2.75, 3.05) is 31.7 Å². The van der Waals surface area contributed by atoms with Gasteiger partial charge in [-0.3, -0.25) is 4.79 Å². The van der Waals surface area contributed by atoms with Crippen LogP contribution in [0.15, 0.2) is 48.6 Å². The summed E-state index contributed by atoms with van der Waals surface area (Å²) in [5.74, 6) is 0.639. The van der Waals surface area contributed by atoms with Crippen LogP contribution in [0.3, 0.4) is 0 Å². The second kappa shape index (κ2) is 12.0. The van der Waals surface area contributed by atoms with Crippen LogP contribution in [-0.4, -0.2) is 63.2 Å². The fourth-order valence-electron chi connectivity index (χ4n) is 7.81. The lowest BCUT2D eigenvalue weighted by Gasteiger charge is -2.46. The van der Waals surface area contributed by atoms with Gasteiger partial charge in [0.2, 0.25) is 10.0 Å². The molecule has 0 unspecified atom stereocenters. The number of anilines is 1. The summed E-state index contributed by atoms with van der Waals surface area (Å²) in [4.78, 5) is 15.9. The fourth-order valence-corrected chi connectivity index (χ4v) is 9.73. The number of benzene rings is 2. The van der Waals surface area contributed by atoms with Gasteiger partial charge in [-0.1, -0.05) is 29.8 Å². The van der Waals surface area contributed by atoms with E-state index in [1.54, 1.807) is 25.3 Å². The zero-order valence-corrected chi connectivity index (χ0v) is 27.3. The van der Waals surface area contributed by atoms with Gasteiger partial charge in [0, 0.05) is 36.2 Å². The van der Waals surface area contributed by atoms with Crippen LogP contribution in [0, 0.1) is 11.8 Å². The van der Waals surface area contributed by atoms with Crippen LogP contribution in [0.5, 0.6) is 5.75 Å². The third-order valence-electron chi connectivity index (χ3n) is 10.2. The monoisotopic (exact) mass is 642 g/mol. The number of nitrogens with zero attached hydrogens (tertiary/aromatic N) is 1. The summed E-state index contributed by atoms with van der Waals surface area (Å²) in [6.45, 7) is 4.89. The number of allylic oxidation sites excluding steroid dienone is 1. The van der Waals surface area contributed by atoms with E-state index in [2.05, 4.69) is 21.8 Å². The molecule has 238 valence electrons. The molecule has 2 aromatic carbocycles. The van der Waals surface area contributed by atoms with E-state index in [0.717, 1.165) is 49.4 Å². The minimum Gasteiger partial charge on any atom is -0.490 e. The van der Waals surface area contributed by atoms with Gasteiger partial charge in [0.25, 0.3) is 5.91 Å². The molecule has 0 aromatic heterocycles. The molecule has 1 fully saturated rings. The third-order valence-corrected chi connectivity index (χ3v) is 12.5. The highest BCUT2D eigenvalue weighted by Gasteiger charge is 2.45. The van der Waals surface area contributed by atoms with Gasteiger partial charge in [-0.2, -0.15) is 0 Å². The highest BCUT2D eigenvalue weighted by Crippen LogP contribution is 2.47. The zero-order valence-electron chi connectivity index (χ0n) is 25.7. The molecule has 0 saturated heterocycles. The first kappa shape index (κ1) is 31.4. The van der Waals surface area contributed by atoms with E-state index in [0.29, 0.717) is 37.2 Å². The fraction of sp³-hybridized carbons (Fsp3) is 0.559. The first-order valence-electron chi connectivity index (χ1n) is 15.7. The van der Waals surface area contributed by atoms with Crippen LogP contribution >= 0.6 is 11.6 Å². The number of aliphatic hydroxyl groups is 1. The minimum absolute atomic E-state index is 0.0981. The number of halogens is 1. The standard InChI is InChI=1S/C34H43ClN2O6S/c1-33(2,39)31-9-5-4-8-29(42-3)26-13-10-24(26)19-37-20-34(16-6-7-22-17-25(35)12-14-27(22)34)21-43-30-15-11-23(18-28(30)37)32(38)36-44(31,40)41/h4,8,11-12,14-15,17-18,24,26,29,31,39H,5-7,9-10,13,16,19-21H2,1-3H3,(H,36,38)/b8-4-/t24-,26+,29-,31-,34-/m0/s1. The number of fused-ring (bicyclic) bond motifs is 4. The molecule has 44 heavy (non-hydrogen) atoms. The smallest absolute Gasteiger partial charge is 0.264 e. The lowest BCUT2D eigenvalue weighted by Crippen LogP contribution is -2.50. The maximum Gasteiger partial charge on any atom is 0.264 e. The van der Waals surface area contributed by atoms with Crippen molar-refractivity contribution in [2.45, 2.75) is 81.2 Å². The summed E-state index contributed by atoms with van der Waals surface area (Å²) in [7, 11) is -2.48. The number of ether oxygens (including phenoxy) is 2. The summed E-state index contributed by atoms with van der Waals surface area (Å²) in [6, 6.07) is 11.3. The highest BCUT2D eigenvalue weighted by molar-refractivity contribution is 7.90.